The normalized spacial score (nSPS) is 18.5. The molecule has 6 nitrogen and oxygen atoms in total. The van der Waals surface area contributed by atoms with Gasteiger partial charge in [-0.05, 0) is 55.7 Å². The van der Waals surface area contributed by atoms with Crippen molar-refractivity contribution in [3.63, 3.8) is 0 Å². The zero-order valence-corrected chi connectivity index (χ0v) is 15.2. The Morgan fingerprint density at radius 2 is 1.96 bits per heavy atom. The molecule has 1 unspecified atom stereocenters. The summed E-state index contributed by atoms with van der Waals surface area (Å²) in [5.41, 5.74) is 0.984. The zero-order chi connectivity index (χ0) is 18.7. The lowest BCUT2D eigenvalue weighted by Gasteiger charge is -2.31. The Bertz CT molecular complexity index is 883. The molecule has 0 spiro atoms. The average molecular weight is 377 g/mol. The number of amides is 1. The van der Waals surface area contributed by atoms with Crippen molar-refractivity contribution in [3.8, 4) is 0 Å². The summed E-state index contributed by atoms with van der Waals surface area (Å²) in [6, 6.07) is 8.27. The zero-order valence-electron chi connectivity index (χ0n) is 14.4. The van der Waals surface area contributed by atoms with E-state index in [0.29, 0.717) is 25.2 Å². The number of aromatic nitrogens is 1. The predicted octanol–water partition coefficient (Wildman–Crippen LogP) is 2.57. The second kappa shape index (κ2) is 7.51. The van der Waals surface area contributed by atoms with Gasteiger partial charge in [0.05, 0.1) is 10.8 Å². The molecule has 1 aliphatic rings. The molecule has 1 aliphatic heterocycles. The number of carbonyl (C=O) groups is 1. The van der Waals surface area contributed by atoms with E-state index in [4.69, 9.17) is 0 Å². The van der Waals surface area contributed by atoms with E-state index < -0.39 is 21.8 Å². The molecule has 26 heavy (non-hydrogen) atoms. The van der Waals surface area contributed by atoms with E-state index in [1.54, 1.807) is 12.3 Å². The molecule has 1 saturated heterocycles. The fourth-order valence-corrected chi connectivity index (χ4v) is 4.42. The number of benzene rings is 1. The number of nitrogens with zero attached hydrogens (tertiary/aromatic N) is 2. The molecule has 1 fully saturated rings. The maximum atomic E-state index is 13.0. The topological polar surface area (TPSA) is 79.4 Å². The fourth-order valence-electron chi connectivity index (χ4n) is 2.90. The van der Waals surface area contributed by atoms with E-state index in [9.17, 15) is 17.6 Å². The SMILES string of the molecule is Cc1ccc(NC(=O)C2CCCN(S(=O)(=O)c3ccc(F)cc3)C2)nc1. The first-order valence-electron chi connectivity index (χ1n) is 8.35. The van der Waals surface area contributed by atoms with Gasteiger partial charge >= 0.3 is 0 Å². The molecule has 1 aromatic carbocycles. The highest BCUT2D eigenvalue weighted by molar-refractivity contribution is 7.89. The lowest BCUT2D eigenvalue weighted by Crippen LogP contribution is -2.43. The Kier molecular flexibility index (Phi) is 5.33. The average Bonchev–Trinajstić information content (AvgIpc) is 2.64. The number of hydrogen-bond donors (Lipinski definition) is 1. The van der Waals surface area contributed by atoms with Crippen LogP contribution in [-0.2, 0) is 14.8 Å². The Morgan fingerprint density at radius 1 is 1.23 bits per heavy atom. The van der Waals surface area contributed by atoms with E-state index >= 15 is 0 Å². The molecule has 3 rings (SSSR count). The minimum atomic E-state index is -3.75. The van der Waals surface area contributed by atoms with Gasteiger partial charge in [-0.2, -0.15) is 4.31 Å². The maximum absolute atomic E-state index is 13.0. The number of hydrogen-bond acceptors (Lipinski definition) is 4. The summed E-state index contributed by atoms with van der Waals surface area (Å²) < 4.78 is 39.8. The van der Waals surface area contributed by atoms with Crippen molar-refractivity contribution in [2.24, 2.45) is 5.92 Å². The van der Waals surface area contributed by atoms with Crippen molar-refractivity contribution in [2.75, 3.05) is 18.4 Å². The number of nitrogens with one attached hydrogen (secondary N) is 1. The molecule has 1 aromatic heterocycles. The smallest absolute Gasteiger partial charge is 0.243 e. The van der Waals surface area contributed by atoms with Crippen molar-refractivity contribution in [3.05, 3.63) is 54.0 Å². The largest absolute Gasteiger partial charge is 0.310 e. The molecule has 1 N–H and O–H groups in total. The van der Waals surface area contributed by atoms with Crippen molar-refractivity contribution in [1.82, 2.24) is 9.29 Å². The molecule has 0 radical (unpaired) electrons. The summed E-state index contributed by atoms with van der Waals surface area (Å²) in [5.74, 6) is -0.757. The summed E-state index contributed by atoms with van der Waals surface area (Å²) in [4.78, 5) is 16.6. The molecule has 8 heteroatoms. The van der Waals surface area contributed by atoms with Crippen LogP contribution in [0.15, 0.2) is 47.5 Å². The molecule has 0 saturated carbocycles. The number of pyridine rings is 1. The Balaban J connectivity index is 1.71. The van der Waals surface area contributed by atoms with Crippen LogP contribution in [0.5, 0.6) is 0 Å². The quantitative estimate of drug-likeness (QED) is 0.888. The molecular formula is C18H20FN3O3S. The van der Waals surface area contributed by atoms with E-state index in [0.717, 1.165) is 17.7 Å². The molecule has 138 valence electrons. The number of carbonyl (C=O) groups excluding carboxylic acids is 1. The molecule has 1 atom stereocenters. The first-order chi connectivity index (χ1) is 12.4. The van der Waals surface area contributed by atoms with Crippen LogP contribution in [0.2, 0.25) is 0 Å². The highest BCUT2D eigenvalue weighted by Crippen LogP contribution is 2.24. The highest BCUT2D eigenvalue weighted by atomic mass is 32.2. The van der Waals surface area contributed by atoms with Crippen LogP contribution in [-0.4, -0.2) is 36.7 Å². The Labute approximate surface area is 152 Å². The van der Waals surface area contributed by atoms with Gasteiger partial charge < -0.3 is 5.32 Å². The molecule has 2 aromatic rings. The number of rotatable bonds is 4. The summed E-state index contributed by atoms with van der Waals surface area (Å²) in [7, 11) is -3.75. The van der Waals surface area contributed by atoms with Gasteiger partial charge in [0.2, 0.25) is 15.9 Å². The summed E-state index contributed by atoms with van der Waals surface area (Å²) in [5, 5.41) is 2.74. The number of piperidine rings is 1. The summed E-state index contributed by atoms with van der Waals surface area (Å²) in [6.45, 7) is 2.33. The lowest BCUT2D eigenvalue weighted by atomic mass is 9.99. The van der Waals surface area contributed by atoms with Crippen LogP contribution < -0.4 is 5.32 Å². The van der Waals surface area contributed by atoms with E-state index in [1.807, 2.05) is 13.0 Å². The number of aryl methyl sites for hydroxylation is 1. The van der Waals surface area contributed by atoms with E-state index in [1.165, 1.54) is 16.4 Å². The first kappa shape index (κ1) is 18.5. The van der Waals surface area contributed by atoms with Crippen LogP contribution in [0.4, 0.5) is 10.2 Å². The number of anilines is 1. The van der Waals surface area contributed by atoms with Gasteiger partial charge in [0.15, 0.2) is 0 Å². The Morgan fingerprint density at radius 3 is 2.62 bits per heavy atom. The minimum Gasteiger partial charge on any atom is -0.310 e. The summed E-state index contributed by atoms with van der Waals surface area (Å²) in [6.07, 6.45) is 2.84. The standard InChI is InChI=1S/C18H20FN3O3S/c1-13-4-9-17(20-11-13)21-18(23)14-3-2-10-22(12-14)26(24,25)16-7-5-15(19)6-8-16/h4-9,11,14H,2-3,10,12H2,1H3,(H,20,21,23). The van der Waals surface area contributed by atoms with Gasteiger partial charge in [-0.25, -0.2) is 17.8 Å². The molecule has 2 heterocycles. The third kappa shape index (κ3) is 4.08. The van der Waals surface area contributed by atoms with E-state index in [-0.39, 0.29) is 17.3 Å². The minimum absolute atomic E-state index is 0.0279. The van der Waals surface area contributed by atoms with Crippen LogP contribution in [0.3, 0.4) is 0 Å². The predicted molar refractivity (Wildman–Crippen MR) is 95.5 cm³/mol. The van der Waals surface area contributed by atoms with Crippen LogP contribution in [0.25, 0.3) is 0 Å². The third-order valence-corrected chi connectivity index (χ3v) is 6.25. The second-order valence-electron chi connectivity index (χ2n) is 6.37. The van der Waals surface area contributed by atoms with Crippen molar-refractivity contribution in [2.45, 2.75) is 24.7 Å². The van der Waals surface area contributed by atoms with Crippen molar-refractivity contribution in [1.29, 1.82) is 0 Å². The van der Waals surface area contributed by atoms with Crippen LogP contribution in [0.1, 0.15) is 18.4 Å². The van der Waals surface area contributed by atoms with Crippen LogP contribution in [0, 0.1) is 18.7 Å². The third-order valence-electron chi connectivity index (χ3n) is 4.37. The lowest BCUT2D eigenvalue weighted by molar-refractivity contribution is -0.120. The van der Waals surface area contributed by atoms with Crippen molar-refractivity contribution >= 4 is 21.7 Å². The molecule has 0 aliphatic carbocycles. The molecule has 0 bridgehead atoms. The summed E-state index contributed by atoms with van der Waals surface area (Å²) >= 11 is 0. The first-order valence-corrected chi connectivity index (χ1v) is 9.79. The van der Waals surface area contributed by atoms with E-state index in [2.05, 4.69) is 10.3 Å². The van der Waals surface area contributed by atoms with Gasteiger partial charge in [0.1, 0.15) is 11.6 Å². The van der Waals surface area contributed by atoms with Gasteiger partial charge in [-0.15, -0.1) is 0 Å². The monoisotopic (exact) mass is 377 g/mol. The number of halogens is 1. The Hall–Kier alpha value is -2.32. The maximum Gasteiger partial charge on any atom is 0.243 e. The molecule has 1 amide bonds. The molecular weight excluding hydrogens is 357 g/mol. The second-order valence-corrected chi connectivity index (χ2v) is 8.30. The van der Waals surface area contributed by atoms with Crippen molar-refractivity contribution < 1.29 is 17.6 Å². The van der Waals surface area contributed by atoms with Crippen LogP contribution >= 0.6 is 0 Å². The number of sulfonamides is 1. The fraction of sp³-hybridized carbons (Fsp3) is 0.333. The highest BCUT2D eigenvalue weighted by Gasteiger charge is 2.33. The van der Waals surface area contributed by atoms with Gasteiger partial charge in [0.25, 0.3) is 0 Å². The van der Waals surface area contributed by atoms with Gasteiger partial charge in [0, 0.05) is 19.3 Å². The van der Waals surface area contributed by atoms with Gasteiger partial charge in [-0.3, -0.25) is 4.79 Å². The van der Waals surface area contributed by atoms with Gasteiger partial charge in [-0.1, -0.05) is 6.07 Å².